The Bertz CT molecular complexity index is 1170. The molecule has 1 heterocycles. The number of nitrogens with zero attached hydrogens (tertiary/aromatic N) is 5. The third-order valence-electron chi connectivity index (χ3n) is 4.86. The van der Waals surface area contributed by atoms with E-state index in [9.17, 15) is 9.59 Å². The first kappa shape index (κ1) is 25.6. The summed E-state index contributed by atoms with van der Waals surface area (Å²) in [6.07, 6.45) is 1.66. The first-order chi connectivity index (χ1) is 16.9. The number of amides is 2. The van der Waals surface area contributed by atoms with Crippen molar-refractivity contribution >= 4 is 52.8 Å². The van der Waals surface area contributed by atoms with Crippen LogP contribution in [-0.2, 0) is 9.59 Å². The summed E-state index contributed by atoms with van der Waals surface area (Å²) in [5.74, 6) is 5.90. The standard InChI is InChI=1S/C23H29N9O2S/c1-4-31(5-2)20-11-9-17(10-12-20)14-25-28-22-29-30-23(32(22)24)35-15-21(34)27-19-8-6-7-18(13-19)26-16(3)33/h6-14H,4-5,15,24H2,1-3H3,(H,26,33)(H,27,34)(H,28,29)/b25-14+. The number of anilines is 4. The SMILES string of the molecule is CCN(CC)c1ccc(/C=N/Nc2nnc(SCC(=O)Nc3cccc(NC(C)=O)c3)n2N)cc1. The van der Waals surface area contributed by atoms with Crippen LogP contribution < -0.4 is 26.8 Å². The van der Waals surface area contributed by atoms with Gasteiger partial charge in [0, 0.05) is 37.1 Å². The molecule has 0 aliphatic carbocycles. The Balaban J connectivity index is 1.51. The lowest BCUT2D eigenvalue weighted by Gasteiger charge is -2.20. The van der Waals surface area contributed by atoms with E-state index in [4.69, 9.17) is 5.84 Å². The number of carbonyl (C=O) groups excluding carboxylic acids is 2. The molecular weight excluding hydrogens is 466 g/mol. The summed E-state index contributed by atoms with van der Waals surface area (Å²) in [6.45, 7) is 7.57. The summed E-state index contributed by atoms with van der Waals surface area (Å²) < 4.78 is 1.23. The van der Waals surface area contributed by atoms with Crippen LogP contribution in [0.15, 0.2) is 58.8 Å². The van der Waals surface area contributed by atoms with E-state index >= 15 is 0 Å². The molecule has 0 unspecified atom stereocenters. The van der Waals surface area contributed by atoms with Gasteiger partial charge in [0.2, 0.25) is 17.0 Å². The molecule has 0 saturated heterocycles. The van der Waals surface area contributed by atoms with Crippen LogP contribution in [0, 0.1) is 0 Å². The molecule has 5 N–H and O–H groups in total. The number of thioether (sulfide) groups is 1. The lowest BCUT2D eigenvalue weighted by molar-refractivity contribution is -0.114. The van der Waals surface area contributed by atoms with E-state index in [1.165, 1.54) is 11.6 Å². The number of benzene rings is 2. The van der Waals surface area contributed by atoms with Crippen LogP contribution in [0.5, 0.6) is 0 Å². The van der Waals surface area contributed by atoms with Crippen LogP contribution in [0.4, 0.5) is 23.0 Å². The number of hydrogen-bond acceptors (Lipinski definition) is 9. The molecule has 0 aliphatic heterocycles. The van der Waals surface area contributed by atoms with Crippen LogP contribution in [0.1, 0.15) is 26.3 Å². The highest BCUT2D eigenvalue weighted by Gasteiger charge is 2.12. The molecule has 0 saturated carbocycles. The van der Waals surface area contributed by atoms with Crippen LogP contribution in [-0.4, -0.2) is 51.7 Å². The zero-order valence-electron chi connectivity index (χ0n) is 19.9. The molecule has 1 aromatic heterocycles. The Labute approximate surface area is 208 Å². The minimum absolute atomic E-state index is 0.0713. The maximum Gasteiger partial charge on any atom is 0.264 e. The van der Waals surface area contributed by atoms with E-state index in [0.29, 0.717) is 16.5 Å². The minimum atomic E-state index is -0.251. The van der Waals surface area contributed by atoms with Gasteiger partial charge in [-0.25, -0.2) is 10.1 Å². The third-order valence-corrected chi connectivity index (χ3v) is 5.81. The summed E-state index contributed by atoms with van der Waals surface area (Å²) in [4.78, 5) is 25.8. The highest BCUT2D eigenvalue weighted by molar-refractivity contribution is 7.99. The molecule has 0 aliphatic rings. The van der Waals surface area contributed by atoms with Gasteiger partial charge in [-0.15, -0.1) is 10.2 Å². The van der Waals surface area contributed by atoms with E-state index in [2.05, 4.69) is 62.2 Å². The number of rotatable bonds is 11. The van der Waals surface area contributed by atoms with E-state index < -0.39 is 0 Å². The summed E-state index contributed by atoms with van der Waals surface area (Å²) >= 11 is 1.13. The lowest BCUT2D eigenvalue weighted by Crippen LogP contribution is -2.21. The quantitative estimate of drug-likeness (QED) is 0.138. The maximum atomic E-state index is 12.3. The number of carbonyl (C=O) groups is 2. The fraction of sp³-hybridized carbons (Fsp3) is 0.261. The molecule has 11 nitrogen and oxygen atoms in total. The molecule has 3 aromatic rings. The van der Waals surface area contributed by atoms with E-state index in [0.717, 1.165) is 36.1 Å². The first-order valence-corrected chi connectivity index (χ1v) is 12.0. The molecule has 184 valence electrons. The monoisotopic (exact) mass is 495 g/mol. The zero-order chi connectivity index (χ0) is 25.2. The predicted octanol–water partition coefficient (Wildman–Crippen LogP) is 2.97. The highest BCUT2D eigenvalue weighted by Crippen LogP contribution is 2.19. The van der Waals surface area contributed by atoms with E-state index in [-0.39, 0.29) is 23.5 Å². The summed E-state index contributed by atoms with van der Waals surface area (Å²) in [5, 5.41) is 17.9. The van der Waals surface area contributed by atoms with Crippen molar-refractivity contribution in [3.63, 3.8) is 0 Å². The smallest absolute Gasteiger partial charge is 0.264 e. The van der Waals surface area contributed by atoms with Crippen LogP contribution in [0.3, 0.4) is 0 Å². The topological polar surface area (TPSA) is 143 Å². The molecule has 0 fully saturated rings. The summed E-state index contributed by atoms with van der Waals surface area (Å²) in [5.41, 5.74) is 6.01. The second-order valence-electron chi connectivity index (χ2n) is 7.41. The molecule has 2 aromatic carbocycles. The van der Waals surface area contributed by atoms with Gasteiger partial charge >= 0.3 is 0 Å². The van der Waals surface area contributed by atoms with Crippen LogP contribution in [0.2, 0.25) is 0 Å². The predicted molar refractivity (Wildman–Crippen MR) is 141 cm³/mol. The number of nitrogens with one attached hydrogen (secondary N) is 3. The zero-order valence-corrected chi connectivity index (χ0v) is 20.7. The van der Waals surface area contributed by atoms with Gasteiger partial charge in [-0.1, -0.05) is 30.0 Å². The second kappa shape index (κ2) is 12.4. The van der Waals surface area contributed by atoms with Gasteiger partial charge in [0.05, 0.1) is 12.0 Å². The fourth-order valence-electron chi connectivity index (χ4n) is 3.18. The van der Waals surface area contributed by atoms with E-state index in [1.807, 2.05) is 12.1 Å². The van der Waals surface area contributed by atoms with Crippen molar-refractivity contribution in [3.05, 3.63) is 54.1 Å². The number of aromatic nitrogens is 3. The van der Waals surface area contributed by atoms with Crippen molar-refractivity contribution in [2.45, 2.75) is 25.9 Å². The normalized spacial score (nSPS) is 10.8. The lowest BCUT2D eigenvalue weighted by atomic mass is 10.2. The van der Waals surface area contributed by atoms with Crippen molar-refractivity contribution in [2.24, 2.45) is 5.10 Å². The second-order valence-corrected chi connectivity index (χ2v) is 8.35. The third kappa shape index (κ3) is 7.47. The average Bonchev–Trinajstić information content (AvgIpc) is 3.18. The molecule has 0 spiro atoms. The van der Waals surface area contributed by atoms with Crippen LogP contribution in [0.25, 0.3) is 0 Å². The van der Waals surface area contributed by atoms with Gasteiger partial charge in [-0.05, 0) is 49.7 Å². The first-order valence-electron chi connectivity index (χ1n) is 11.0. The Morgan fingerprint density at radius 2 is 1.77 bits per heavy atom. The highest BCUT2D eigenvalue weighted by atomic mass is 32.2. The van der Waals surface area contributed by atoms with Crippen molar-refractivity contribution in [2.75, 3.05) is 45.6 Å². The summed E-state index contributed by atoms with van der Waals surface area (Å²) in [7, 11) is 0. The Kier molecular flexibility index (Phi) is 9.07. The number of hydrogen-bond donors (Lipinski definition) is 4. The molecule has 12 heteroatoms. The van der Waals surface area contributed by atoms with Crippen molar-refractivity contribution in [3.8, 4) is 0 Å². The maximum absolute atomic E-state index is 12.3. The van der Waals surface area contributed by atoms with Crippen molar-refractivity contribution in [1.82, 2.24) is 14.9 Å². The minimum Gasteiger partial charge on any atom is -0.372 e. The molecule has 2 amide bonds. The molecule has 3 rings (SSSR count). The van der Waals surface area contributed by atoms with Gasteiger partial charge in [0.15, 0.2) is 0 Å². The number of nitrogens with two attached hydrogens (primary N) is 1. The Hall–Kier alpha value is -4.06. The Morgan fingerprint density at radius 3 is 2.43 bits per heavy atom. The summed E-state index contributed by atoms with van der Waals surface area (Å²) in [6, 6.07) is 15.0. The molecule has 0 radical (unpaired) electrons. The van der Waals surface area contributed by atoms with Crippen molar-refractivity contribution in [1.29, 1.82) is 0 Å². The largest absolute Gasteiger partial charge is 0.372 e. The molecule has 0 atom stereocenters. The van der Waals surface area contributed by atoms with Crippen LogP contribution >= 0.6 is 11.8 Å². The van der Waals surface area contributed by atoms with E-state index in [1.54, 1.807) is 30.5 Å². The molecule has 0 bridgehead atoms. The van der Waals surface area contributed by atoms with Crippen molar-refractivity contribution < 1.29 is 9.59 Å². The average molecular weight is 496 g/mol. The number of hydrazone groups is 1. The Morgan fingerprint density at radius 1 is 1.09 bits per heavy atom. The fourth-order valence-corrected chi connectivity index (χ4v) is 3.84. The van der Waals surface area contributed by atoms with Gasteiger partial charge in [-0.2, -0.15) is 5.10 Å². The molecule has 35 heavy (non-hydrogen) atoms. The van der Waals surface area contributed by atoms with Gasteiger partial charge in [-0.3, -0.25) is 9.59 Å². The van der Waals surface area contributed by atoms with Gasteiger partial charge in [0.25, 0.3) is 5.95 Å². The molecular formula is C23H29N9O2S. The van der Waals surface area contributed by atoms with Gasteiger partial charge in [0.1, 0.15) is 0 Å². The number of nitrogen functional groups attached to an aromatic ring is 1. The van der Waals surface area contributed by atoms with Gasteiger partial charge < -0.3 is 21.4 Å².